The minimum absolute atomic E-state index is 0.352. The molecule has 2 amide bonds. The Hall–Kier alpha value is -2.65. The van der Waals surface area contributed by atoms with E-state index in [1.807, 2.05) is 0 Å². The molecule has 2 aromatic rings. The van der Waals surface area contributed by atoms with Gasteiger partial charge in [0.15, 0.2) is 0 Å². The molecule has 2 N–H and O–H groups in total. The number of carbonyl (C=O) groups is 1. The molecule has 2 aliphatic heterocycles. The van der Waals surface area contributed by atoms with Crippen LogP contribution in [0.1, 0.15) is 30.9 Å². The summed E-state index contributed by atoms with van der Waals surface area (Å²) in [5.74, 6) is 0.124. The number of halogens is 4. The summed E-state index contributed by atoms with van der Waals surface area (Å²) in [6, 6.07) is 9.83. The van der Waals surface area contributed by atoms with Gasteiger partial charge in [-0.25, -0.2) is 4.79 Å². The number of amides is 2. The molecule has 0 aromatic heterocycles. The van der Waals surface area contributed by atoms with Crippen LogP contribution >= 0.6 is 11.6 Å². The zero-order chi connectivity index (χ0) is 22.2. The first-order chi connectivity index (χ1) is 14.6. The van der Waals surface area contributed by atoms with Crippen molar-refractivity contribution in [3.63, 3.8) is 0 Å². The number of fused-ring (bicyclic) bond motifs is 1. The number of anilines is 1. The average molecular weight is 457 g/mol. The third-order valence-corrected chi connectivity index (χ3v) is 5.84. The number of hydrogen-bond acceptors (Lipinski definition) is 4. The topological polar surface area (TPSA) is 71.0 Å². The third kappa shape index (κ3) is 4.83. The molecule has 1 fully saturated rings. The second kappa shape index (κ2) is 8.12. The van der Waals surface area contributed by atoms with E-state index in [-0.39, 0.29) is 11.8 Å². The number of benzene rings is 2. The Kier molecular flexibility index (Phi) is 5.65. The van der Waals surface area contributed by atoms with Gasteiger partial charge in [0.2, 0.25) is 0 Å². The van der Waals surface area contributed by atoms with Gasteiger partial charge in [-0.05, 0) is 30.3 Å². The fourth-order valence-electron chi connectivity index (χ4n) is 3.98. The lowest BCUT2D eigenvalue weighted by Gasteiger charge is -2.46. The number of hydrogen-bond donors (Lipinski definition) is 2. The summed E-state index contributed by atoms with van der Waals surface area (Å²) in [5.41, 5.74) is 0.409. The first-order valence-electron chi connectivity index (χ1n) is 9.71. The molecule has 1 spiro atoms. The fourth-order valence-corrected chi connectivity index (χ4v) is 4.20. The number of ether oxygens (including phenoxy) is 2. The van der Waals surface area contributed by atoms with Crippen molar-refractivity contribution in [1.29, 1.82) is 0 Å². The number of piperidine rings is 1. The van der Waals surface area contributed by atoms with E-state index in [4.69, 9.17) is 16.3 Å². The highest BCUT2D eigenvalue weighted by atomic mass is 35.5. The molecule has 2 aliphatic rings. The van der Waals surface area contributed by atoms with Crippen molar-refractivity contribution in [2.24, 2.45) is 0 Å². The maximum Gasteiger partial charge on any atom is 0.573 e. The minimum Gasteiger partial charge on any atom is -0.485 e. The van der Waals surface area contributed by atoms with Crippen LogP contribution in [0.15, 0.2) is 42.5 Å². The molecule has 0 aliphatic carbocycles. The van der Waals surface area contributed by atoms with E-state index in [2.05, 4.69) is 10.1 Å². The Bertz CT molecular complexity index is 960. The van der Waals surface area contributed by atoms with E-state index in [1.165, 1.54) is 12.1 Å². The zero-order valence-electron chi connectivity index (χ0n) is 16.3. The molecule has 0 radical (unpaired) electrons. The molecule has 2 aromatic carbocycles. The van der Waals surface area contributed by atoms with Crippen LogP contribution in [0.4, 0.5) is 23.7 Å². The third-order valence-electron chi connectivity index (χ3n) is 5.54. The number of aliphatic hydroxyl groups excluding tert-OH is 1. The maximum atomic E-state index is 12.6. The van der Waals surface area contributed by atoms with Crippen molar-refractivity contribution in [1.82, 2.24) is 4.90 Å². The normalized spacial score (nSPS) is 20.0. The molecule has 4 rings (SSSR count). The standard InChI is InChI=1S/C21H20ClF3N2O4/c22-16-3-1-2-15-17(28)12-20(31-18(15)16)8-10-27(11-9-20)19(29)26-13-4-6-14(7-5-13)30-21(23,24)25/h1-7,17,28H,8-12H2,(H,26,29)/t17-/m0/s1. The first kappa shape index (κ1) is 21.6. The number of urea groups is 1. The highest BCUT2D eigenvalue weighted by Crippen LogP contribution is 2.47. The summed E-state index contributed by atoms with van der Waals surface area (Å²) >= 11 is 6.24. The Balaban J connectivity index is 1.36. The van der Waals surface area contributed by atoms with Crippen molar-refractivity contribution >= 4 is 23.3 Å². The van der Waals surface area contributed by atoms with E-state index in [9.17, 15) is 23.1 Å². The summed E-state index contributed by atoms with van der Waals surface area (Å²) in [7, 11) is 0. The Morgan fingerprint density at radius 3 is 2.52 bits per heavy atom. The molecular formula is C21H20ClF3N2O4. The van der Waals surface area contributed by atoms with Gasteiger partial charge in [-0.1, -0.05) is 23.7 Å². The lowest BCUT2D eigenvalue weighted by Crippen LogP contribution is -2.52. The van der Waals surface area contributed by atoms with Gasteiger partial charge in [-0.15, -0.1) is 13.2 Å². The van der Waals surface area contributed by atoms with Crippen LogP contribution in [0.3, 0.4) is 0 Å². The van der Waals surface area contributed by atoms with Crippen molar-refractivity contribution in [2.45, 2.75) is 37.3 Å². The van der Waals surface area contributed by atoms with E-state index in [1.54, 1.807) is 23.1 Å². The van der Waals surface area contributed by atoms with Gasteiger partial charge in [0.1, 0.15) is 17.1 Å². The molecule has 1 saturated heterocycles. The van der Waals surface area contributed by atoms with Crippen molar-refractivity contribution < 1.29 is 32.5 Å². The smallest absolute Gasteiger partial charge is 0.485 e. The van der Waals surface area contributed by atoms with Gasteiger partial charge in [-0.3, -0.25) is 0 Å². The quantitative estimate of drug-likeness (QED) is 0.658. The van der Waals surface area contributed by atoms with Crippen LogP contribution in [0.25, 0.3) is 0 Å². The molecule has 31 heavy (non-hydrogen) atoms. The first-order valence-corrected chi connectivity index (χ1v) is 10.1. The van der Waals surface area contributed by atoms with Crippen LogP contribution < -0.4 is 14.8 Å². The SMILES string of the molecule is O=C(Nc1ccc(OC(F)(F)F)cc1)N1CCC2(CC1)C[C@H](O)c1cccc(Cl)c1O2. The maximum absolute atomic E-state index is 12.6. The van der Waals surface area contributed by atoms with Crippen molar-refractivity contribution in [3.8, 4) is 11.5 Å². The number of aliphatic hydroxyl groups is 1. The Morgan fingerprint density at radius 2 is 1.87 bits per heavy atom. The highest BCUT2D eigenvalue weighted by Gasteiger charge is 2.44. The number of nitrogens with one attached hydrogen (secondary N) is 1. The zero-order valence-corrected chi connectivity index (χ0v) is 17.0. The molecule has 10 heteroatoms. The average Bonchev–Trinajstić information content (AvgIpc) is 2.70. The van der Waals surface area contributed by atoms with E-state index in [0.29, 0.717) is 54.4 Å². The second-order valence-electron chi connectivity index (χ2n) is 7.65. The molecule has 2 heterocycles. The molecule has 0 bridgehead atoms. The Labute approximate surface area is 181 Å². The fraction of sp³-hybridized carbons (Fsp3) is 0.381. The van der Waals surface area contributed by atoms with Crippen LogP contribution in [-0.4, -0.2) is 41.1 Å². The Morgan fingerprint density at radius 1 is 1.19 bits per heavy atom. The van der Waals surface area contributed by atoms with Crippen LogP contribution in [0.2, 0.25) is 5.02 Å². The van der Waals surface area contributed by atoms with Crippen LogP contribution in [0.5, 0.6) is 11.5 Å². The van der Waals surface area contributed by atoms with Crippen LogP contribution in [0, 0.1) is 0 Å². The molecule has 0 unspecified atom stereocenters. The van der Waals surface area contributed by atoms with E-state index in [0.717, 1.165) is 12.1 Å². The second-order valence-corrected chi connectivity index (χ2v) is 8.06. The van der Waals surface area contributed by atoms with Crippen molar-refractivity contribution in [3.05, 3.63) is 53.1 Å². The lowest BCUT2D eigenvalue weighted by atomic mass is 9.82. The van der Waals surface area contributed by atoms with E-state index < -0.39 is 18.1 Å². The minimum atomic E-state index is -4.77. The van der Waals surface area contributed by atoms with Crippen molar-refractivity contribution in [2.75, 3.05) is 18.4 Å². The van der Waals surface area contributed by atoms with Gasteiger partial charge in [0.25, 0.3) is 0 Å². The predicted molar refractivity (Wildman–Crippen MR) is 107 cm³/mol. The monoisotopic (exact) mass is 456 g/mol. The number of rotatable bonds is 2. The van der Waals surface area contributed by atoms with Crippen LogP contribution in [-0.2, 0) is 0 Å². The van der Waals surface area contributed by atoms with Gasteiger partial charge in [0, 0.05) is 43.6 Å². The number of carbonyl (C=O) groups excluding carboxylic acids is 1. The summed E-state index contributed by atoms with van der Waals surface area (Å²) in [6.45, 7) is 0.793. The molecular weight excluding hydrogens is 437 g/mol. The number of likely N-dealkylation sites (tertiary alicyclic amines) is 1. The molecule has 1 atom stereocenters. The number of alkyl halides is 3. The van der Waals surface area contributed by atoms with Gasteiger partial charge in [-0.2, -0.15) is 0 Å². The number of para-hydroxylation sites is 1. The highest BCUT2D eigenvalue weighted by molar-refractivity contribution is 6.32. The predicted octanol–water partition coefficient (Wildman–Crippen LogP) is 5.12. The molecule has 6 nitrogen and oxygen atoms in total. The summed E-state index contributed by atoms with van der Waals surface area (Å²) in [4.78, 5) is 14.2. The largest absolute Gasteiger partial charge is 0.573 e. The van der Waals surface area contributed by atoms with Gasteiger partial charge < -0.3 is 24.8 Å². The molecule has 166 valence electrons. The van der Waals surface area contributed by atoms with E-state index >= 15 is 0 Å². The number of nitrogens with zero attached hydrogens (tertiary/aromatic N) is 1. The van der Waals surface area contributed by atoms with Gasteiger partial charge in [0.05, 0.1) is 11.1 Å². The molecule has 0 saturated carbocycles. The summed E-state index contributed by atoms with van der Waals surface area (Å²) in [6.07, 6.45) is -4.02. The van der Waals surface area contributed by atoms with Gasteiger partial charge >= 0.3 is 12.4 Å². The summed E-state index contributed by atoms with van der Waals surface area (Å²) < 4.78 is 46.7. The summed E-state index contributed by atoms with van der Waals surface area (Å²) in [5, 5.41) is 13.7. The lowest BCUT2D eigenvalue weighted by molar-refractivity contribution is -0.274.